The Morgan fingerprint density at radius 2 is 0.891 bits per heavy atom. The van der Waals surface area contributed by atoms with Gasteiger partial charge in [0.05, 0.1) is 27.8 Å². The van der Waals surface area contributed by atoms with Gasteiger partial charge < -0.3 is 9.13 Å². The van der Waals surface area contributed by atoms with E-state index < -0.39 is 0 Å². The monoisotopic (exact) mass is 818 g/mol. The molecule has 0 aliphatic heterocycles. The number of benzene rings is 9. The molecule has 0 saturated heterocycles. The van der Waals surface area contributed by atoms with E-state index >= 15 is 0 Å². The minimum atomic E-state index is 0.0848. The fourth-order valence-corrected chi connectivity index (χ4v) is 14.4. The van der Waals surface area contributed by atoms with E-state index in [0.29, 0.717) is 11.8 Å². The maximum atomic E-state index is 2.65. The Morgan fingerprint density at radius 1 is 0.359 bits per heavy atom. The molecule has 0 N–H and O–H groups in total. The molecule has 11 aromatic rings. The molecule has 9 aromatic carbocycles. The predicted molar refractivity (Wildman–Crippen MR) is 267 cm³/mol. The minimum Gasteiger partial charge on any atom is -0.309 e. The van der Waals surface area contributed by atoms with Crippen molar-refractivity contribution in [2.24, 2.45) is 23.7 Å². The van der Waals surface area contributed by atoms with Crippen LogP contribution in [-0.2, 0) is 5.41 Å². The zero-order valence-corrected chi connectivity index (χ0v) is 35.7. The number of rotatable bonds is 4. The summed E-state index contributed by atoms with van der Waals surface area (Å²) in [7, 11) is 0. The van der Waals surface area contributed by atoms with Gasteiger partial charge in [0.15, 0.2) is 0 Å². The summed E-state index contributed by atoms with van der Waals surface area (Å²) in [4.78, 5) is 0. The van der Waals surface area contributed by atoms with Crippen molar-refractivity contribution in [3.05, 3.63) is 205 Å². The highest BCUT2D eigenvalue weighted by Gasteiger charge is 2.62. The van der Waals surface area contributed by atoms with Gasteiger partial charge in [-0.1, -0.05) is 133 Å². The number of hydrogen-bond donors (Lipinski definition) is 0. The van der Waals surface area contributed by atoms with Crippen molar-refractivity contribution in [2.45, 2.75) is 37.5 Å². The molecule has 4 fully saturated rings. The van der Waals surface area contributed by atoms with Gasteiger partial charge in [-0.05, 0) is 172 Å². The maximum absolute atomic E-state index is 2.65. The van der Waals surface area contributed by atoms with E-state index in [1.54, 1.807) is 11.1 Å². The van der Waals surface area contributed by atoms with Crippen LogP contribution in [0.15, 0.2) is 194 Å². The molecule has 64 heavy (non-hydrogen) atoms. The van der Waals surface area contributed by atoms with E-state index in [1.165, 1.54) is 131 Å². The van der Waals surface area contributed by atoms with Gasteiger partial charge in [0.1, 0.15) is 0 Å². The Hall–Kier alpha value is -7.16. The lowest BCUT2D eigenvalue weighted by atomic mass is 9.43. The van der Waals surface area contributed by atoms with Gasteiger partial charge >= 0.3 is 0 Å². The third-order valence-electron chi connectivity index (χ3n) is 16.7. The largest absolute Gasteiger partial charge is 0.309 e. The first-order chi connectivity index (χ1) is 31.7. The summed E-state index contributed by atoms with van der Waals surface area (Å²) >= 11 is 0. The fourth-order valence-electron chi connectivity index (χ4n) is 14.4. The third-order valence-corrected chi connectivity index (χ3v) is 16.7. The first-order valence-corrected chi connectivity index (χ1v) is 23.6. The van der Waals surface area contributed by atoms with Crippen molar-refractivity contribution < 1.29 is 0 Å². The van der Waals surface area contributed by atoms with Crippen molar-refractivity contribution in [2.75, 3.05) is 0 Å². The van der Waals surface area contributed by atoms with Crippen molar-refractivity contribution >= 4 is 54.4 Å². The highest BCUT2D eigenvalue weighted by atomic mass is 15.0. The van der Waals surface area contributed by atoms with Crippen molar-refractivity contribution in [1.29, 1.82) is 0 Å². The van der Waals surface area contributed by atoms with E-state index in [0.717, 1.165) is 11.8 Å². The van der Waals surface area contributed by atoms with Crippen molar-refractivity contribution in [3.63, 3.8) is 0 Å². The third kappa shape index (κ3) is 4.70. The molecule has 4 bridgehead atoms. The standard InChI is InChI=1S/C62H46N2/c1-2-11-42-35-43(21-20-40(42)10-1)41-22-26-48(27-23-41)63-56-17-7-4-13-50(56)53-36-44(24-28-58(53)63)45-25-29-59-54(37-45)51-14-5-8-18-57(51)64(59)60-19-9-15-52-49-12-3-6-16-55(49)62(61(52)60)46-31-38-30-39(33-46)34-47(62)32-38/h1-29,35-39,46-47H,30-34H2. The Bertz CT molecular complexity index is 3720. The molecule has 2 heteroatoms. The lowest BCUT2D eigenvalue weighted by molar-refractivity contribution is -0.0399. The topological polar surface area (TPSA) is 9.86 Å². The van der Waals surface area contributed by atoms with Crippen LogP contribution in [0.25, 0.3) is 99.1 Å². The normalized spacial score (nSPS) is 21.8. The summed E-state index contributed by atoms with van der Waals surface area (Å²) in [5, 5.41) is 7.71. The predicted octanol–water partition coefficient (Wildman–Crippen LogP) is 16.1. The maximum Gasteiger partial charge on any atom is 0.0541 e. The number of hydrogen-bond acceptors (Lipinski definition) is 0. The molecule has 304 valence electrons. The van der Waals surface area contributed by atoms with Crippen LogP contribution in [0, 0.1) is 23.7 Å². The minimum absolute atomic E-state index is 0.0848. The van der Waals surface area contributed by atoms with Crippen molar-refractivity contribution in [1.82, 2.24) is 9.13 Å². The summed E-state index contributed by atoms with van der Waals surface area (Å²) in [6.45, 7) is 0. The number of para-hydroxylation sites is 2. The Morgan fingerprint density at radius 3 is 1.61 bits per heavy atom. The second-order valence-electron chi connectivity index (χ2n) is 19.7. The van der Waals surface area contributed by atoms with Crippen LogP contribution in [0.4, 0.5) is 0 Å². The van der Waals surface area contributed by atoms with Crippen LogP contribution in [0.5, 0.6) is 0 Å². The highest BCUT2D eigenvalue weighted by Crippen LogP contribution is 2.70. The van der Waals surface area contributed by atoms with Gasteiger partial charge in [0.25, 0.3) is 0 Å². The van der Waals surface area contributed by atoms with Gasteiger partial charge in [0, 0.05) is 32.6 Å². The molecule has 0 atom stereocenters. The number of aromatic nitrogens is 2. The smallest absolute Gasteiger partial charge is 0.0541 e. The van der Waals surface area contributed by atoms with Crippen LogP contribution < -0.4 is 0 Å². The zero-order valence-electron chi connectivity index (χ0n) is 35.7. The van der Waals surface area contributed by atoms with Crippen LogP contribution in [-0.4, -0.2) is 9.13 Å². The second-order valence-corrected chi connectivity index (χ2v) is 19.7. The van der Waals surface area contributed by atoms with Crippen LogP contribution in [0.3, 0.4) is 0 Å². The summed E-state index contributed by atoms with van der Waals surface area (Å²) in [5.41, 5.74) is 18.8. The van der Waals surface area contributed by atoms with Gasteiger partial charge in [-0.25, -0.2) is 0 Å². The zero-order chi connectivity index (χ0) is 41.7. The molecule has 4 saturated carbocycles. The highest BCUT2D eigenvalue weighted by molar-refractivity contribution is 6.13. The molecule has 16 rings (SSSR count). The lowest BCUT2D eigenvalue weighted by Crippen LogP contribution is -2.55. The molecular formula is C62H46N2. The van der Waals surface area contributed by atoms with Gasteiger partial charge in [-0.3, -0.25) is 0 Å². The number of nitrogens with zero attached hydrogens (tertiary/aromatic N) is 2. The van der Waals surface area contributed by atoms with Crippen LogP contribution in [0.2, 0.25) is 0 Å². The quantitative estimate of drug-likeness (QED) is 0.167. The fraction of sp³-hybridized carbons (Fsp3) is 0.161. The van der Waals surface area contributed by atoms with E-state index in [4.69, 9.17) is 0 Å². The average molecular weight is 819 g/mol. The SMILES string of the molecule is c1ccc2c(c1)-c1cccc(-n3c4ccccc4c4cc(-c5ccc6c(c5)c5ccccc5n6-c5ccc(-c6ccc7ccccc7c6)cc5)ccc43)c1C21C2CC3CC(C2)CC1C3. The summed E-state index contributed by atoms with van der Waals surface area (Å²) < 4.78 is 5.08. The molecule has 2 nitrogen and oxygen atoms in total. The van der Waals surface area contributed by atoms with Crippen LogP contribution in [0.1, 0.15) is 43.2 Å². The molecule has 0 amide bonds. The van der Waals surface area contributed by atoms with E-state index in [1.807, 2.05) is 0 Å². The van der Waals surface area contributed by atoms with Gasteiger partial charge in [0.2, 0.25) is 0 Å². The number of fused-ring (bicyclic) bond motifs is 10. The van der Waals surface area contributed by atoms with Crippen LogP contribution >= 0.6 is 0 Å². The average Bonchev–Trinajstić information content (AvgIpc) is 3.97. The van der Waals surface area contributed by atoms with Gasteiger partial charge in [-0.2, -0.15) is 0 Å². The molecule has 1 spiro atoms. The lowest BCUT2D eigenvalue weighted by Gasteiger charge is -2.61. The summed E-state index contributed by atoms with van der Waals surface area (Å²) in [6, 6.07) is 73.6. The Balaban J connectivity index is 0.868. The van der Waals surface area contributed by atoms with Gasteiger partial charge in [-0.15, -0.1) is 0 Å². The molecule has 0 unspecified atom stereocenters. The Labute approximate surface area is 373 Å². The molecule has 5 aliphatic carbocycles. The molecular weight excluding hydrogens is 773 g/mol. The van der Waals surface area contributed by atoms with E-state index in [2.05, 4.69) is 203 Å². The summed E-state index contributed by atoms with van der Waals surface area (Å²) in [6.07, 6.45) is 6.99. The first-order valence-electron chi connectivity index (χ1n) is 23.6. The summed E-state index contributed by atoms with van der Waals surface area (Å²) in [5.74, 6) is 3.24. The molecule has 2 heterocycles. The van der Waals surface area contributed by atoms with E-state index in [9.17, 15) is 0 Å². The first kappa shape index (κ1) is 35.3. The molecule has 2 aromatic heterocycles. The second kappa shape index (κ2) is 13.0. The van der Waals surface area contributed by atoms with E-state index in [-0.39, 0.29) is 5.41 Å². The Kier molecular flexibility index (Phi) is 7.15. The molecule has 0 radical (unpaired) electrons. The van der Waals surface area contributed by atoms with Crippen molar-refractivity contribution in [3.8, 4) is 44.8 Å². The molecule has 5 aliphatic rings.